The van der Waals surface area contributed by atoms with E-state index in [2.05, 4.69) is 0 Å². The maximum atomic E-state index is 12.6. The molecule has 6 heteroatoms. The Bertz CT molecular complexity index is 624. The molecule has 0 spiro atoms. The third-order valence-corrected chi connectivity index (χ3v) is 4.96. The van der Waals surface area contributed by atoms with Crippen molar-refractivity contribution in [1.82, 2.24) is 0 Å². The summed E-state index contributed by atoms with van der Waals surface area (Å²) in [4.78, 5) is 37.4. The summed E-state index contributed by atoms with van der Waals surface area (Å²) in [6, 6.07) is 6.89. The molecule has 23 heavy (non-hydrogen) atoms. The van der Waals surface area contributed by atoms with Gasteiger partial charge in [-0.05, 0) is 17.5 Å². The molecule has 0 amide bonds. The van der Waals surface area contributed by atoms with Crippen LogP contribution >= 0.6 is 11.6 Å². The van der Waals surface area contributed by atoms with Crippen molar-refractivity contribution in [3.8, 4) is 0 Å². The molecule has 0 aliphatic heterocycles. The molecule has 0 aromatic heterocycles. The standard InChI is InChI=1S/C17H19ClO5/c1-10-8-11(19)9-13(12-6-4-5-7-14(12)18)17(10,15(20)22-2)16(21)23-3/h4-7,10,13H,8-9H2,1-3H3/t10-,13+/m0/s1. The van der Waals surface area contributed by atoms with E-state index in [1.165, 1.54) is 14.2 Å². The number of methoxy groups -OCH3 is 2. The molecule has 1 saturated carbocycles. The number of Topliss-reactive ketones (excluding diaryl/α,β-unsaturated/α-hetero) is 1. The van der Waals surface area contributed by atoms with Crippen molar-refractivity contribution in [3.05, 3.63) is 34.9 Å². The van der Waals surface area contributed by atoms with Gasteiger partial charge >= 0.3 is 11.9 Å². The summed E-state index contributed by atoms with van der Waals surface area (Å²) in [5, 5.41) is 0.400. The summed E-state index contributed by atoms with van der Waals surface area (Å²) in [7, 11) is 2.44. The molecule has 0 unspecified atom stereocenters. The first-order valence-corrected chi connectivity index (χ1v) is 7.70. The average Bonchev–Trinajstić information content (AvgIpc) is 2.53. The number of carbonyl (C=O) groups excluding carboxylic acids is 3. The van der Waals surface area contributed by atoms with Gasteiger partial charge in [-0.25, -0.2) is 0 Å². The fraction of sp³-hybridized carbons (Fsp3) is 0.471. The summed E-state index contributed by atoms with van der Waals surface area (Å²) in [5.41, 5.74) is -1.01. The van der Waals surface area contributed by atoms with E-state index in [9.17, 15) is 14.4 Å². The first-order valence-electron chi connectivity index (χ1n) is 7.32. The molecule has 0 saturated heterocycles. The fourth-order valence-corrected chi connectivity index (χ4v) is 3.81. The highest BCUT2D eigenvalue weighted by Gasteiger charge is 2.61. The molecule has 1 aromatic rings. The molecular formula is C17H19ClO5. The summed E-state index contributed by atoms with van der Waals surface area (Å²) in [6.07, 6.45) is 0.156. The highest BCUT2D eigenvalue weighted by atomic mass is 35.5. The number of benzene rings is 1. The van der Waals surface area contributed by atoms with Crippen molar-refractivity contribution in [2.24, 2.45) is 11.3 Å². The zero-order chi connectivity index (χ0) is 17.2. The van der Waals surface area contributed by atoms with Crippen LogP contribution in [0.2, 0.25) is 5.02 Å². The Kier molecular flexibility index (Phi) is 5.09. The van der Waals surface area contributed by atoms with Gasteiger partial charge in [0.25, 0.3) is 0 Å². The van der Waals surface area contributed by atoms with Gasteiger partial charge in [0.2, 0.25) is 0 Å². The van der Waals surface area contributed by atoms with Crippen LogP contribution in [0.15, 0.2) is 24.3 Å². The normalized spacial score (nSPS) is 23.2. The van der Waals surface area contributed by atoms with Crippen LogP contribution in [0.4, 0.5) is 0 Å². The first kappa shape index (κ1) is 17.5. The molecule has 1 aliphatic carbocycles. The molecule has 0 bridgehead atoms. The zero-order valence-electron chi connectivity index (χ0n) is 13.3. The summed E-state index contributed by atoms with van der Waals surface area (Å²) < 4.78 is 9.84. The molecule has 0 radical (unpaired) electrons. The van der Waals surface area contributed by atoms with Crippen LogP contribution in [0.5, 0.6) is 0 Å². The van der Waals surface area contributed by atoms with Crippen LogP contribution in [0, 0.1) is 11.3 Å². The Morgan fingerprint density at radius 3 is 2.22 bits per heavy atom. The van der Waals surface area contributed by atoms with Gasteiger partial charge in [0, 0.05) is 23.8 Å². The number of hydrogen-bond donors (Lipinski definition) is 0. The largest absolute Gasteiger partial charge is 0.468 e. The summed E-state index contributed by atoms with van der Waals surface area (Å²) in [6.45, 7) is 1.69. The van der Waals surface area contributed by atoms with Gasteiger partial charge in [-0.3, -0.25) is 14.4 Å². The highest BCUT2D eigenvalue weighted by molar-refractivity contribution is 6.31. The maximum absolute atomic E-state index is 12.6. The Balaban J connectivity index is 2.70. The van der Waals surface area contributed by atoms with E-state index in [-0.39, 0.29) is 18.6 Å². The molecule has 2 atom stereocenters. The number of hydrogen-bond acceptors (Lipinski definition) is 5. The highest BCUT2D eigenvalue weighted by Crippen LogP contribution is 2.52. The molecule has 1 fully saturated rings. The quantitative estimate of drug-likeness (QED) is 0.626. The molecular weight excluding hydrogens is 320 g/mol. The molecule has 1 aliphatic rings. The topological polar surface area (TPSA) is 69.7 Å². The van der Waals surface area contributed by atoms with Crippen LogP contribution in [-0.2, 0) is 23.9 Å². The third kappa shape index (κ3) is 2.74. The molecule has 124 valence electrons. The van der Waals surface area contributed by atoms with Gasteiger partial charge in [-0.1, -0.05) is 36.7 Å². The van der Waals surface area contributed by atoms with Crippen LogP contribution < -0.4 is 0 Å². The maximum Gasteiger partial charge on any atom is 0.324 e. The Morgan fingerprint density at radius 2 is 1.70 bits per heavy atom. The van der Waals surface area contributed by atoms with E-state index in [0.29, 0.717) is 10.6 Å². The fourth-order valence-electron chi connectivity index (χ4n) is 3.54. The van der Waals surface area contributed by atoms with E-state index in [4.69, 9.17) is 21.1 Å². The van der Waals surface area contributed by atoms with Gasteiger partial charge in [0.05, 0.1) is 14.2 Å². The first-order chi connectivity index (χ1) is 10.9. The van der Waals surface area contributed by atoms with Gasteiger partial charge in [0.15, 0.2) is 5.41 Å². The predicted octanol–water partition coefficient (Wildman–Crippen LogP) is 2.76. The molecule has 5 nitrogen and oxygen atoms in total. The number of rotatable bonds is 3. The smallest absolute Gasteiger partial charge is 0.324 e. The van der Waals surface area contributed by atoms with Crippen molar-refractivity contribution >= 4 is 29.3 Å². The Labute approximate surface area is 139 Å². The third-order valence-electron chi connectivity index (χ3n) is 4.62. The molecule has 0 heterocycles. The minimum absolute atomic E-state index is 0.0224. The summed E-state index contributed by atoms with van der Waals surface area (Å²) >= 11 is 6.26. The number of carbonyl (C=O) groups is 3. The van der Waals surface area contributed by atoms with Gasteiger partial charge in [0.1, 0.15) is 5.78 Å². The van der Waals surface area contributed by atoms with Crippen LogP contribution in [0.3, 0.4) is 0 Å². The minimum Gasteiger partial charge on any atom is -0.468 e. The van der Waals surface area contributed by atoms with Crippen LogP contribution in [-0.4, -0.2) is 31.9 Å². The second-order valence-corrected chi connectivity index (χ2v) is 6.18. The zero-order valence-corrected chi connectivity index (χ0v) is 14.1. The van der Waals surface area contributed by atoms with Crippen molar-refractivity contribution in [2.75, 3.05) is 14.2 Å². The van der Waals surface area contributed by atoms with Gasteiger partial charge in [-0.15, -0.1) is 0 Å². The molecule has 1 aromatic carbocycles. The lowest BCUT2D eigenvalue weighted by Gasteiger charge is -2.43. The van der Waals surface area contributed by atoms with E-state index in [1.807, 2.05) is 0 Å². The van der Waals surface area contributed by atoms with E-state index >= 15 is 0 Å². The Hall–Kier alpha value is -1.88. The SMILES string of the molecule is COC(=O)C1(C(=O)OC)[C@@H](c2ccccc2Cl)CC(=O)C[C@@H]1C. The second-order valence-electron chi connectivity index (χ2n) is 5.77. The van der Waals surface area contributed by atoms with E-state index in [1.54, 1.807) is 31.2 Å². The number of esters is 2. The molecule has 2 rings (SSSR count). The monoisotopic (exact) mass is 338 g/mol. The second kappa shape index (κ2) is 6.71. The average molecular weight is 339 g/mol. The van der Waals surface area contributed by atoms with E-state index < -0.39 is 29.2 Å². The van der Waals surface area contributed by atoms with Crippen molar-refractivity contribution < 1.29 is 23.9 Å². The lowest BCUT2D eigenvalue weighted by molar-refractivity contribution is -0.178. The van der Waals surface area contributed by atoms with Crippen molar-refractivity contribution in [1.29, 1.82) is 0 Å². The van der Waals surface area contributed by atoms with Crippen molar-refractivity contribution in [2.45, 2.75) is 25.7 Å². The predicted molar refractivity (Wildman–Crippen MR) is 84.1 cm³/mol. The van der Waals surface area contributed by atoms with Gasteiger partial charge in [-0.2, -0.15) is 0 Å². The van der Waals surface area contributed by atoms with Crippen molar-refractivity contribution in [3.63, 3.8) is 0 Å². The lowest BCUT2D eigenvalue weighted by Crippen LogP contribution is -2.54. The lowest BCUT2D eigenvalue weighted by atomic mass is 9.58. The van der Waals surface area contributed by atoms with Gasteiger partial charge < -0.3 is 9.47 Å². The Morgan fingerprint density at radius 1 is 1.13 bits per heavy atom. The van der Waals surface area contributed by atoms with E-state index in [0.717, 1.165) is 0 Å². The summed E-state index contributed by atoms with van der Waals surface area (Å²) in [5.74, 6) is -2.69. The van der Waals surface area contributed by atoms with Crippen LogP contribution in [0.25, 0.3) is 0 Å². The number of ketones is 1. The number of ether oxygens (including phenoxy) is 2. The molecule has 0 N–H and O–H groups in total. The number of halogens is 1. The minimum atomic E-state index is -1.58. The van der Waals surface area contributed by atoms with Crippen LogP contribution in [0.1, 0.15) is 31.2 Å².